The second kappa shape index (κ2) is 7.14. The van der Waals surface area contributed by atoms with Crippen molar-refractivity contribution in [2.24, 2.45) is 0 Å². The maximum atomic E-state index is 8.95. The van der Waals surface area contributed by atoms with Gasteiger partial charge in [0.15, 0.2) is 4.73 Å². The summed E-state index contributed by atoms with van der Waals surface area (Å²) in [6, 6.07) is 1.77. The number of hydrogen-bond donors (Lipinski definition) is 0. The van der Waals surface area contributed by atoms with Crippen LogP contribution in [0.15, 0.2) is 23.2 Å². The Kier molecular flexibility index (Phi) is 6.51. The summed E-state index contributed by atoms with van der Waals surface area (Å²) in [4.78, 5) is 16.5. The van der Waals surface area contributed by atoms with Crippen molar-refractivity contribution in [3.8, 4) is 0 Å². The molecule has 1 aromatic heterocycles. The molecule has 11 heavy (non-hydrogen) atoms. The summed E-state index contributed by atoms with van der Waals surface area (Å²) >= 11 is 3.09. The first-order valence-corrected chi connectivity index (χ1v) is 3.49. The van der Waals surface area contributed by atoms with Gasteiger partial charge in [0.05, 0.1) is 7.11 Å². The molecule has 0 aliphatic heterocycles. The van der Waals surface area contributed by atoms with Crippen molar-refractivity contribution in [2.75, 3.05) is 7.11 Å². The van der Waals surface area contributed by atoms with E-state index in [1.54, 1.807) is 18.5 Å². The molecule has 0 aliphatic rings. The van der Waals surface area contributed by atoms with E-state index in [-0.39, 0.29) is 0 Å². The zero-order valence-corrected chi connectivity index (χ0v) is 7.48. The summed E-state index contributed by atoms with van der Waals surface area (Å²) < 4.78 is 4.50. The highest BCUT2D eigenvalue weighted by molar-refractivity contribution is 9.10. The number of aromatic nitrogens is 2. The topological polar surface area (TPSA) is 52.1 Å². The van der Waals surface area contributed by atoms with Gasteiger partial charge < -0.3 is 4.74 Å². The molecule has 0 saturated carbocycles. The number of rotatable bonds is 1. The predicted molar refractivity (Wildman–Crippen MR) is 42.8 cm³/mol. The summed E-state index contributed by atoms with van der Waals surface area (Å²) in [5.41, 5.74) is 0. The zero-order valence-electron chi connectivity index (χ0n) is 5.90. The van der Waals surface area contributed by atoms with Crippen LogP contribution in [0.3, 0.4) is 0 Å². The van der Waals surface area contributed by atoms with Crippen molar-refractivity contribution in [1.82, 2.24) is 9.97 Å². The molecule has 0 amide bonds. The largest absolute Gasteiger partial charge is 0.471 e. The van der Waals surface area contributed by atoms with Gasteiger partial charge in [-0.15, -0.1) is 0 Å². The smallest absolute Gasteiger partial charge is 0.292 e. The SMILES string of the molecule is Brc1ncccn1.COC=O. The highest BCUT2D eigenvalue weighted by Crippen LogP contribution is 1.94. The number of carbonyl (C=O) groups excluding carboxylic acids is 1. The molecule has 0 fully saturated rings. The van der Waals surface area contributed by atoms with Gasteiger partial charge in [0.2, 0.25) is 0 Å². The molecule has 0 saturated heterocycles. The first kappa shape index (κ1) is 10.0. The highest BCUT2D eigenvalue weighted by Gasteiger charge is 1.77. The summed E-state index contributed by atoms with van der Waals surface area (Å²) in [5, 5.41) is 0. The Labute approximate surface area is 72.7 Å². The molecule has 0 atom stereocenters. The number of methoxy groups -OCH3 is 1. The normalized spacial score (nSPS) is 7.45. The van der Waals surface area contributed by atoms with Crippen LogP contribution in [0.25, 0.3) is 0 Å². The zero-order chi connectivity index (χ0) is 8.53. The van der Waals surface area contributed by atoms with Crippen LogP contribution in [-0.2, 0) is 9.53 Å². The maximum Gasteiger partial charge on any atom is 0.292 e. The Morgan fingerprint density at radius 1 is 1.55 bits per heavy atom. The van der Waals surface area contributed by atoms with E-state index in [1.165, 1.54) is 7.11 Å². The Morgan fingerprint density at radius 3 is 2.18 bits per heavy atom. The lowest BCUT2D eigenvalue weighted by Gasteiger charge is -1.79. The van der Waals surface area contributed by atoms with Crippen molar-refractivity contribution in [3.63, 3.8) is 0 Å². The molecule has 0 unspecified atom stereocenters. The van der Waals surface area contributed by atoms with Crippen LogP contribution < -0.4 is 0 Å². The highest BCUT2D eigenvalue weighted by atomic mass is 79.9. The molecule has 0 aliphatic carbocycles. The van der Waals surface area contributed by atoms with E-state index in [0.717, 1.165) is 0 Å². The van der Waals surface area contributed by atoms with Crippen molar-refractivity contribution in [3.05, 3.63) is 23.2 Å². The van der Waals surface area contributed by atoms with Crippen LogP contribution in [-0.4, -0.2) is 23.5 Å². The molecule has 0 radical (unpaired) electrons. The Balaban J connectivity index is 0.000000218. The Hall–Kier alpha value is -0.970. The summed E-state index contributed by atoms with van der Waals surface area (Å²) in [6.45, 7) is 0.375. The quantitative estimate of drug-likeness (QED) is 0.522. The number of nitrogens with zero attached hydrogens (tertiary/aromatic N) is 2. The van der Waals surface area contributed by atoms with Crippen molar-refractivity contribution in [1.29, 1.82) is 0 Å². The lowest BCUT2D eigenvalue weighted by atomic mass is 10.7. The fraction of sp³-hybridized carbons (Fsp3) is 0.167. The standard InChI is InChI=1S/C4H3BrN2.C2H4O2/c5-4-6-2-1-3-7-4;1-4-2-3/h1-3H;2H,1H3. The minimum Gasteiger partial charge on any atom is -0.471 e. The van der Waals surface area contributed by atoms with Gasteiger partial charge in [0.1, 0.15) is 0 Å². The number of carbonyl (C=O) groups is 1. The number of halogens is 1. The first-order chi connectivity index (χ1) is 5.31. The minimum atomic E-state index is 0.375. The van der Waals surface area contributed by atoms with Crippen molar-refractivity contribution >= 4 is 22.4 Å². The average molecular weight is 219 g/mol. The minimum absolute atomic E-state index is 0.375. The lowest BCUT2D eigenvalue weighted by Crippen LogP contribution is -1.74. The van der Waals surface area contributed by atoms with E-state index < -0.39 is 0 Å². The summed E-state index contributed by atoms with van der Waals surface area (Å²) in [6.07, 6.45) is 3.36. The van der Waals surface area contributed by atoms with Gasteiger partial charge in [-0.25, -0.2) is 9.97 Å². The second-order valence-electron chi connectivity index (χ2n) is 1.35. The molecule has 1 aromatic rings. The van der Waals surface area contributed by atoms with E-state index in [2.05, 4.69) is 30.6 Å². The third-order valence-electron chi connectivity index (χ3n) is 0.630. The van der Waals surface area contributed by atoms with Crippen LogP contribution in [0.4, 0.5) is 0 Å². The second-order valence-corrected chi connectivity index (χ2v) is 2.06. The third kappa shape index (κ3) is 6.92. The third-order valence-corrected chi connectivity index (χ3v) is 1.04. The first-order valence-electron chi connectivity index (χ1n) is 2.70. The van der Waals surface area contributed by atoms with E-state index in [9.17, 15) is 0 Å². The molecule has 0 bridgehead atoms. The van der Waals surface area contributed by atoms with E-state index in [1.807, 2.05) is 0 Å². The van der Waals surface area contributed by atoms with Gasteiger partial charge >= 0.3 is 0 Å². The maximum absolute atomic E-state index is 8.95. The number of hydrogen-bond acceptors (Lipinski definition) is 4. The Morgan fingerprint density at radius 2 is 2.00 bits per heavy atom. The molecule has 1 heterocycles. The van der Waals surface area contributed by atoms with Gasteiger partial charge in [-0.1, -0.05) is 0 Å². The van der Waals surface area contributed by atoms with E-state index in [0.29, 0.717) is 11.2 Å². The number of ether oxygens (including phenoxy) is 1. The fourth-order valence-corrected chi connectivity index (χ4v) is 0.517. The van der Waals surface area contributed by atoms with Gasteiger partial charge in [0, 0.05) is 12.4 Å². The van der Waals surface area contributed by atoms with Gasteiger partial charge in [-0.2, -0.15) is 0 Å². The lowest BCUT2D eigenvalue weighted by molar-refractivity contribution is -0.126. The molecule has 5 heteroatoms. The van der Waals surface area contributed by atoms with E-state index in [4.69, 9.17) is 4.79 Å². The molecule has 0 aromatic carbocycles. The molecule has 1 rings (SSSR count). The Bertz CT molecular complexity index is 193. The van der Waals surface area contributed by atoms with Crippen molar-refractivity contribution in [2.45, 2.75) is 0 Å². The van der Waals surface area contributed by atoms with Crippen LogP contribution in [0.1, 0.15) is 0 Å². The van der Waals surface area contributed by atoms with Gasteiger partial charge in [0.25, 0.3) is 6.47 Å². The summed E-state index contributed by atoms with van der Waals surface area (Å²) in [7, 11) is 1.31. The molecular weight excluding hydrogens is 212 g/mol. The molecule has 0 spiro atoms. The molecule has 60 valence electrons. The predicted octanol–water partition coefficient (Wildman–Crippen LogP) is 1.03. The van der Waals surface area contributed by atoms with Gasteiger partial charge in [-0.05, 0) is 22.0 Å². The van der Waals surface area contributed by atoms with E-state index >= 15 is 0 Å². The van der Waals surface area contributed by atoms with Crippen LogP contribution >= 0.6 is 15.9 Å². The average Bonchev–Trinajstić information content (AvgIpc) is 2.07. The van der Waals surface area contributed by atoms with Crippen LogP contribution in [0.2, 0.25) is 0 Å². The fourth-order valence-electron chi connectivity index (χ4n) is 0.281. The molecule has 0 N–H and O–H groups in total. The van der Waals surface area contributed by atoms with Crippen molar-refractivity contribution < 1.29 is 9.53 Å². The monoisotopic (exact) mass is 218 g/mol. The van der Waals surface area contributed by atoms with Crippen LogP contribution in [0.5, 0.6) is 0 Å². The van der Waals surface area contributed by atoms with Gasteiger partial charge in [-0.3, -0.25) is 4.79 Å². The summed E-state index contributed by atoms with van der Waals surface area (Å²) in [5.74, 6) is 0. The van der Waals surface area contributed by atoms with Crippen LogP contribution in [0, 0.1) is 0 Å². The molecule has 4 nitrogen and oxygen atoms in total. The molecular formula is C6H7BrN2O2.